The van der Waals surface area contributed by atoms with Gasteiger partial charge in [-0.3, -0.25) is 9.10 Å². The van der Waals surface area contributed by atoms with Crippen LogP contribution in [0.15, 0.2) is 53.4 Å². The summed E-state index contributed by atoms with van der Waals surface area (Å²) in [7, 11) is -7.41. The fraction of sp³-hybridized carbons (Fsp3) is 0.381. The molecule has 1 saturated heterocycles. The number of amides is 1. The van der Waals surface area contributed by atoms with Crippen LogP contribution in [0.5, 0.6) is 11.5 Å². The Morgan fingerprint density at radius 2 is 1.55 bits per heavy atom. The van der Waals surface area contributed by atoms with Crippen LogP contribution in [0.3, 0.4) is 0 Å². The highest BCUT2D eigenvalue weighted by molar-refractivity contribution is 7.92. The standard InChI is InChI=1S/C21H25N3O7S2/c1-32(26,27)24(17-7-8-19-20(15-17)31-14-13-30-19)16-21(25)22-9-11-23(12-10-22)33(28,29)18-5-3-2-4-6-18/h2-8,15H,9-14,16H2,1H3. The third-order valence-corrected chi connectivity index (χ3v) is 8.52. The van der Waals surface area contributed by atoms with Gasteiger partial charge in [0.15, 0.2) is 11.5 Å². The summed E-state index contributed by atoms with van der Waals surface area (Å²) in [4.78, 5) is 14.6. The SMILES string of the molecule is CS(=O)(=O)N(CC(=O)N1CCN(S(=O)(=O)c2ccccc2)CC1)c1ccc2c(c1)OCCO2. The number of ether oxygens (including phenoxy) is 2. The van der Waals surface area contributed by atoms with Crippen molar-refractivity contribution in [1.82, 2.24) is 9.21 Å². The lowest BCUT2D eigenvalue weighted by atomic mass is 10.2. The first-order valence-electron chi connectivity index (χ1n) is 10.4. The van der Waals surface area contributed by atoms with E-state index in [4.69, 9.17) is 9.47 Å². The van der Waals surface area contributed by atoms with Crippen molar-refractivity contribution in [2.45, 2.75) is 4.90 Å². The maximum atomic E-state index is 12.9. The number of fused-ring (bicyclic) bond motifs is 1. The zero-order valence-electron chi connectivity index (χ0n) is 18.1. The van der Waals surface area contributed by atoms with Gasteiger partial charge in [0.2, 0.25) is 26.0 Å². The van der Waals surface area contributed by atoms with Crippen LogP contribution in [0.4, 0.5) is 5.69 Å². The van der Waals surface area contributed by atoms with Gasteiger partial charge in [0.1, 0.15) is 19.8 Å². The smallest absolute Gasteiger partial charge is 0.243 e. The summed E-state index contributed by atoms with van der Waals surface area (Å²) in [5.74, 6) is 0.521. The van der Waals surface area contributed by atoms with Gasteiger partial charge in [0.25, 0.3) is 0 Å². The van der Waals surface area contributed by atoms with E-state index in [0.29, 0.717) is 30.4 Å². The summed E-state index contributed by atoms with van der Waals surface area (Å²) in [5.41, 5.74) is 0.292. The van der Waals surface area contributed by atoms with E-state index >= 15 is 0 Å². The molecule has 2 aromatic rings. The van der Waals surface area contributed by atoms with Crippen molar-refractivity contribution >= 4 is 31.6 Å². The van der Waals surface area contributed by atoms with Crippen LogP contribution < -0.4 is 13.8 Å². The van der Waals surface area contributed by atoms with Crippen LogP contribution in [-0.2, 0) is 24.8 Å². The number of anilines is 1. The number of piperazine rings is 1. The number of hydrogen-bond donors (Lipinski definition) is 0. The second-order valence-corrected chi connectivity index (χ2v) is 11.5. The van der Waals surface area contributed by atoms with E-state index in [0.717, 1.165) is 10.6 Å². The van der Waals surface area contributed by atoms with Crippen LogP contribution in [0.2, 0.25) is 0 Å². The molecule has 0 N–H and O–H groups in total. The van der Waals surface area contributed by atoms with Crippen LogP contribution >= 0.6 is 0 Å². The quantitative estimate of drug-likeness (QED) is 0.581. The lowest BCUT2D eigenvalue weighted by molar-refractivity contribution is -0.130. The fourth-order valence-corrected chi connectivity index (χ4v) is 6.01. The first kappa shape index (κ1) is 23.3. The molecule has 2 aliphatic rings. The van der Waals surface area contributed by atoms with E-state index in [1.165, 1.54) is 27.4 Å². The van der Waals surface area contributed by atoms with Crippen LogP contribution in [-0.4, -0.2) is 84.1 Å². The van der Waals surface area contributed by atoms with Crippen LogP contribution in [0.1, 0.15) is 0 Å². The largest absolute Gasteiger partial charge is 0.486 e. The van der Waals surface area contributed by atoms with Gasteiger partial charge in [-0.05, 0) is 24.3 Å². The zero-order valence-corrected chi connectivity index (χ0v) is 19.7. The highest BCUT2D eigenvalue weighted by atomic mass is 32.2. The van der Waals surface area contributed by atoms with Gasteiger partial charge in [0, 0.05) is 32.2 Å². The second kappa shape index (κ2) is 9.20. The molecule has 178 valence electrons. The normalized spacial score (nSPS) is 16.9. The van der Waals surface area contributed by atoms with E-state index in [9.17, 15) is 21.6 Å². The highest BCUT2D eigenvalue weighted by Crippen LogP contribution is 2.34. The van der Waals surface area contributed by atoms with E-state index in [2.05, 4.69) is 0 Å². The van der Waals surface area contributed by atoms with E-state index < -0.39 is 32.5 Å². The maximum absolute atomic E-state index is 12.9. The number of hydrogen-bond acceptors (Lipinski definition) is 7. The molecular weight excluding hydrogens is 470 g/mol. The Balaban J connectivity index is 1.45. The minimum atomic E-state index is -3.77. The van der Waals surface area contributed by atoms with Crippen molar-refractivity contribution in [2.75, 3.05) is 56.5 Å². The van der Waals surface area contributed by atoms with Crippen molar-refractivity contribution < 1.29 is 31.1 Å². The molecule has 0 aliphatic carbocycles. The average Bonchev–Trinajstić information content (AvgIpc) is 2.82. The predicted molar refractivity (Wildman–Crippen MR) is 121 cm³/mol. The van der Waals surface area contributed by atoms with Gasteiger partial charge < -0.3 is 14.4 Å². The van der Waals surface area contributed by atoms with Gasteiger partial charge in [-0.25, -0.2) is 16.8 Å². The number of carbonyl (C=O) groups excluding carboxylic acids is 1. The Morgan fingerprint density at radius 1 is 0.909 bits per heavy atom. The van der Waals surface area contributed by atoms with Crippen molar-refractivity contribution in [3.63, 3.8) is 0 Å². The van der Waals surface area contributed by atoms with E-state index in [-0.39, 0.29) is 31.1 Å². The zero-order chi connectivity index (χ0) is 23.6. The molecule has 1 fully saturated rings. The average molecular weight is 496 g/mol. The second-order valence-electron chi connectivity index (χ2n) is 7.70. The number of sulfonamides is 2. The molecule has 0 atom stereocenters. The number of benzene rings is 2. The molecule has 2 aromatic carbocycles. The molecule has 4 rings (SSSR count). The lowest BCUT2D eigenvalue weighted by Crippen LogP contribution is -2.53. The maximum Gasteiger partial charge on any atom is 0.243 e. The minimum absolute atomic E-state index is 0.131. The lowest BCUT2D eigenvalue weighted by Gasteiger charge is -2.35. The summed E-state index contributed by atoms with van der Waals surface area (Å²) in [6, 6.07) is 12.8. The molecule has 0 aromatic heterocycles. The predicted octanol–water partition coefficient (Wildman–Crippen LogP) is 0.757. The Kier molecular flexibility index (Phi) is 6.50. The highest BCUT2D eigenvalue weighted by Gasteiger charge is 2.32. The molecule has 0 spiro atoms. The van der Waals surface area contributed by atoms with E-state index in [1.807, 2.05) is 0 Å². The van der Waals surface area contributed by atoms with Crippen molar-refractivity contribution in [1.29, 1.82) is 0 Å². The van der Waals surface area contributed by atoms with Gasteiger partial charge in [-0.2, -0.15) is 4.31 Å². The van der Waals surface area contributed by atoms with Gasteiger partial charge in [0.05, 0.1) is 16.8 Å². The van der Waals surface area contributed by atoms with Crippen molar-refractivity contribution in [3.05, 3.63) is 48.5 Å². The molecule has 0 bridgehead atoms. The van der Waals surface area contributed by atoms with Crippen molar-refractivity contribution in [3.8, 4) is 11.5 Å². The molecule has 10 nitrogen and oxygen atoms in total. The fourth-order valence-electron chi connectivity index (χ4n) is 3.73. The molecule has 33 heavy (non-hydrogen) atoms. The topological polar surface area (TPSA) is 114 Å². The van der Waals surface area contributed by atoms with Gasteiger partial charge in [-0.15, -0.1) is 0 Å². The number of nitrogens with zero attached hydrogens (tertiary/aromatic N) is 3. The Hall–Kier alpha value is -2.83. The van der Waals surface area contributed by atoms with E-state index in [1.54, 1.807) is 30.3 Å². The molecule has 0 radical (unpaired) electrons. The molecule has 2 aliphatic heterocycles. The van der Waals surface area contributed by atoms with Gasteiger partial charge in [-0.1, -0.05) is 18.2 Å². The third-order valence-electron chi connectivity index (χ3n) is 5.47. The van der Waals surface area contributed by atoms with Gasteiger partial charge >= 0.3 is 0 Å². The Bertz CT molecular complexity index is 1230. The number of carbonyl (C=O) groups is 1. The monoisotopic (exact) mass is 495 g/mol. The molecule has 1 amide bonds. The Labute approximate surface area is 193 Å². The summed E-state index contributed by atoms with van der Waals surface area (Å²) in [6.07, 6.45) is 1.03. The first-order valence-corrected chi connectivity index (χ1v) is 13.7. The molecule has 0 saturated carbocycles. The molecule has 0 unspecified atom stereocenters. The molecular formula is C21H25N3O7S2. The molecule has 12 heteroatoms. The number of rotatable bonds is 6. The molecule has 2 heterocycles. The minimum Gasteiger partial charge on any atom is -0.486 e. The third kappa shape index (κ3) is 5.07. The summed E-state index contributed by atoms with van der Waals surface area (Å²) < 4.78 is 63.8. The Morgan fingerprint density at radius 3 is 2.18 bits per heavy atom. The summed E-state index contributed by atoms with van der Waals surface area (Å²) >= 11 is 0. The van der Waals surface area contributed by atoms with Crippen LogP contribution in [0.25, 0.3) is 0 Å². The summed E-state index contributed by atoms with van der Waals surface area (Å²) in [6.45, 7) is 0.964. The van der Waals surface area contributed by atoms with Crippen LogP contribution in [0, 0.1) is 0 Å². The van der Waals surface area contributed by atoms with Crippen molar-refractivity contribution in [2.24, 2.45) is 0 Å². The summed E-state index contributed by atoms with van der Waals surface area (Å²) in [5, 5.41) is 0. The first-order chi connectivity index (χ1) is 15.7.